The zero-order valence-electron chi connectivity index (χ0n) is 14.1. The standard InChI is InChI=1S/C20H19N3O2/c1-13-7-8-21-19(10-13)23-20(18-4-3-9-25-18)16-12-22-17-6-5-14(24-2)11-15(16)17/h3-12,20,22H,1-2H3,(H,21,23). The zero-order chi connectivity index (χ0) is 17.2. The van der Waals surface area contributed by atoms with Crippen LogP contribution in [0.4, 0.5) is 5.82 Å². The van der Waals surface area contributed by atoms with Gasteiger partial charge in [0, 0.05) is 28.9 Å². The number of pyridine rings is 1. The third kappa shape index (κ3) is 2.96. The van der Waals surface area contributed by atoms with Crippen molar-refractivity contribution in [3.63, 3.8) is 0 Å². The summed E-state index contributed by atoms with van der Waals surface area (Å²) < 4.78 is 11.1. The van der Waals surface area contributed by atoms with Gasteiger partial charge in [-0.15, -0.1) is 0 Å². The van der Waals surface area contributed by atoms with Gasteiger partial charge in [0.15, 0.2) is 0 Å². The van der Waals surface area contributed by atoms with E-state index in [1.807, 2.05) is 55.6 Å². The molecule has 0 bridgehead atoms. The second-order valence-electron chi connectivity index (χ2n) is 5.97. The summed E-state index contributed by atoms with van der Waals surface area (Å²) in [7, 11) is 1.67. The number of H-pyrrole nitrogens is 1. The first kappa shape index (κ1) is 15.3. The number of benzene rings is 1. The van der Waals surface area contributed by atoms with E-state index in [0.29, 0.717) is 0 Å². The highest BCUT2D eigenvalue weighted by Gasteiger charge is 2.21. The van der Waals surface area contributed by atoms with Crippen molar-refractivity contribution in [2.75, 3.05) is 12.4 Å². The Morgan fingerprint density at radius 1 is 1.20 bits per heavy atom. The number of aromatic nitrogens is 2. The summed E-state index contributed by atoms with van der Waals surface area (Å²) in [5.74, 6) is 2.45. The third-order valence-corrected chi connectivity index (χ3v) is 4.27. The van der Waals surface area contributed by atoms with Crippen molar-refractivity contribution in [2.24, 2.45) is 0 Å². The van der Waals surface area contributed by atoms with Gasteiger partial charge in [0.2, 0.25) is 0 Å². The molecule has 0 saturated heterocycles. The Morgan fingerprint density at radius 3 is 2.88 bits per heavy atom. The maximum absolute atomic E-state index is 5.69. The van der Waals surface area contributed by atoms with Crippen molar-refractivity contribution in [1.29, 1.82) is 0 Å². The summed E-state index contributed by atoms with van der Waals surface area (Å²) in [5.41, 5.74) is 3.27. The van der Waals surface area contributed by atoms with Gasteiger partial charge < -0.3 is 19.5 Å². The summed E-state index contributed by atoms with van der Waals surface area (Å²) >= 11 is 0. The Labute approximate surface area is 145 Å². The Morgan fingerprint density at radius 2 is 2.12 bits per heavy atom. The summed E-state index contributed by atoms with van der Waals surface area (Å²) in [6.07, 6.45) is 5.48. The molecule has 0 aliphatic heterocycles. The molecule has 1 atom stereocenters. The van der Waals surface area contributed by atoms with Crippen molar-refractivity contribution >= 4 is 16.7 Å². The molecule has 4 rings (SSSR count). The van der Waals surface area contributed by atoms with Gasteiger partial charge in [-0.05, 0) is 55.0 Å². The Kier molecular flexibility index (Phi) is 3.90. The summed E-state index contributed by atoms with van der Waals surface area (Å²) in [6.45, 7) is 2.05. The lowest BCUT2D eigenvalue weighted by Gasteiger charge is -2.17. The van der Waals surface area contributed by atoms with Gasteiger partial charge in [0.05, 0.1) is 13.4 Å². The van der Waals surface area contributed by atoms with E-state index in [0.717, 1.165) is 39.4 Å². The van der Waals surface area contributed by atoms with E-state index >= 15 is 0 Å². The first-order chi connectivity index (χ1) is 12.2. The second-order valence-corrected chi connectivity index (χ2v) is 5.97. The number of hydrogen-bond donors (Lipinski definition) is 2. The molecule has 0 saturated carbocycles. The number of methoxy groups -OCH3 is 1. The van der Waals surface area contributed by atoms with Crippen molar-refractivity contribution in [2.45, 2.75) is 13.0 Å². The van der Waals surface area contributed by atoms with Crippen LogP contribution in [0.1, 0.15) is 22.9 Å². The van der Waals surface area contributed by atoms with Crippen LogP contribution in [0.15, 0.2) is 65.5 Å². The van der Waals surface area contributed by atoms with E-state index < -0.39 is 0 Å². The van der Waals surface area contributed by atoms with E-state index in [1.54, 1.807) is 19.6 Å². The number of aromatic amines is 1. The van der Waals surface area contributed by atoms with E-state index in [1.165, 1.54) is 0 Å². The highest BCUT2D eigenvalue weighted by Crippen LogP contribution is 2.33. The molecule has 3 aromatic heterocycles. The third-order valence-electron chi connectivity index (χ3n) is 4.27. The molecule has 3 heterocycles. The lowest BCUT2D eigenvalue weighted by atomic mass is 10.0. The number of anilines is 1. The van der Waals surface area contributed by atoms with Gasteiger partial charge in [0.25, 0.3) is 0 Å². The quantitative estimate of drug-likeness (QED) is 0.557. The average molecular weight is 333 g/mol. The minimum atomic E-state index is -0.162. The number of nitrogens with zero attached hydrogens (tertiary/aromatic N) is 1. The highest BCUT2D eigenvalue weighted by atomic mass is 16.5. The molecular formula is C20H19N3O2. The molecule has 0 radical (unpaired) electrons. The number of fused-ring (bicyclic) bond motifs is 1. The minimum Gasteiger partial charge on any atom is -0.497 e. The number of nitrogens with one attached hydrogen (secondary N) is 2. The molecular weight excluding hydrogens is 314 g/mol. The lowest BCUT2D eigenvalue weighted by Crippen LogP contribution is -2.12. The van der Waals surface area contributed by atoms with E-state index in [4.69, 9.17) is 9.15 Å². The van der Waals surface area contributed by atoms with Crippen LogP contribution in [-0.2, 0) is 0 Å². The average Bonchev–Trinajstić information content (AvgIpc) is 3.29. The molecule has 5 heteroatoms. The lowest BCUT2D eigenvalue weighted by molar-refractivity contribution is 0.415. The number of ether oxygens (including phenoxy) is 1. The predicted molar refractivity (Wildman–Crippen MR) is 98.0 cm³/mol. The second kappa shape index (κ2) is 6.36. The molecule has 1 aromatic carbocycles. The van der Waals surface area contributed by atoms with E-state index in [9.17, 15) is 0 Å². The highest BCUT2D eigenvalue weighted by molar-refractivity contribution is 5.86. The predicted octanol–water partition coefficient (Wildman–Crippen LogP) is 4.67. The van der Waals surface area contributed by atoms with Crippen molar-refractivity contribution in [3.8, 4) is 5.75 Å². The van der Waals surface area contributed by atoms with Crippen LogP contribution in [0.25, 0.3) is 10.9 Å². The monoisotopic (exact) mass is 333 g/mol. The van der Waals surface area contributed by atoms with Crippen molar-refractivity contribution in [1.82, 2.24) is 9.97 Å². The molecule has 0 spiro atoms. The fraction of sp³-hybridized carbons (Fsp3) is 0.150. The number of rotatable bonds is 5. The van der Waals surface area contributed by atoms with Crippen LogP contribution in [-0.4, -0.2) is 17.1 Å². The van der Waals surface area contributed by atoms with Crippen LogP contribution in [0.5, 0.6) is 5.75 Å². The van der Waals surface area contributed by atoms with Crippen LogP contribution in [0.3, 0.4) is 0 Å². The van der Waals surface area contributed by atoms with Crippen LogP contribution >= 0.6 is 0 Å². The summed E-state index contributed by atoms with van der Waals surface area (Å²) in [6, 6.07) is 13.7. The molecule has 4 aromatic rings. The molecule has 0 fully saturated rings. The fourth-order valence-corrected chi connectivity index (χ4v) is 3.01. The molecule has 1 unspecified atom stereocenters. The summed E-state index contributed by atoms with van der Waals surface area (Å²) in [4.78, 5) is 7.75. The Bertz CT molecular complexity index is 989. The molecule has 0 aliphatic carbocycles. The van der Waals surface area contributed by atoms with Gasteiger partial charge in [-0.2, -0.15) is 0 Å². The first-order valence-corrected chi connectivity index (χ1v) is 8.12. The number of furan rings is 1. The minimum absolute atomic E-state index is 0.162. The SMILES string of the molecule is COc1ccc2[nH]cc(C(Nc3cc(C)ccn3)c3ccco3)c2c1. The van der Waals surface area contributed by atoms with Gasteiger partial charge in [0.1, 0.15) is 23.4 Å². The Balaban J connectivity index is 1.81. The Hall–Kier alpha value is -3.21. The molecule has 126 valence electrons. The number of aryl methyl sites for hydroxylation is 1. The van der Waals surface area contributed by atoms with E-state index in [-0.39, 0.29) is 6.04 Å². The van der Waals surface area contributed by atoms with Crippen LogP contribution in [0, 0.1) is 6.92 Å². The van der Waals surface area contributed by atoms with Gasteiger partial charge in [-0.25, -0.2) is 4.98 Å². The molecule has 5 nitrogen and oxygen atoms in total. The van der Waals surface area contributed by atoms with Crippen LogP contribution < -0.4 is 10.1 Å². The largest absolute Gasteiger partial charge is 0.497 e. The smallest absolute Gasteiger partial charge is 0.130 e. The summed E-state index contributed by atoms with van der Waals surface area (Å²) in [5, 5.41) is 4.57. The molecule has 0 aliphatic rings. The van der Waals surface area contributed by atoms with Gasteiger partial charge in [-0.3, -0.25) is 0 Å². The maximum Gasteiger partial charge on any atom is 0.130 e. The first-order valence-electron chi connectivity index (χ1n) is 8.12. The van der Waals surface area contributed by atoms with Crippen LogP contribution in [0.2, 0.25) is 0 Å². The number of hydrogen-bond acceptors (Lipinski definition) is 4. The van der Waals surface area contributed by atoms with Gasteiger partial charge >= 0.3 is 0 Å². The maximum atomic E-state index is 5.69. The zero-order valence-corrected chi connectivity index (χ0v) is 14.1. The normalized spacial score (nSPS) is 12.2. The van der Waals surface area contributed by atoms with Crippen molar-refractivity contribution in [3.05, 3.63) is 78.0 Å². The molecule has 2 N–H and O–H groups in total. The molecule has 25 heavy (non-hydrogen) atoms. The topological polar surface area (TPSA) is 63.1 Å². The van der Waals surface area contributed by atoms with Gasteiger partial charge in [-0.1, -0.05) is 0 Å². The molecule has 0 amide bonds. The van der Waals surface area contributed by atoms with Crippen molar-refractivity contribution < 1.29 is 9.15 Å². The fourth-order valence-electron chi connectivity index (χ4n) is 3.01. The van der Waals surface area contributed by atoms with E-state index in [2.05, 4.69) is 15.3 Å².